The summed E-state index contributed by atoms with van der Waals surface area (Å²) >= 11 is 0. The van der Waals surface area contributed by atoms with E-state index in [-0.39, 0.29) is 11.3 Å². The van der Waals surface area contributed by atoms with Crippen molar-refractivity contribution in [3.63, 3.8) is 0 Å². The Morgan fingerprint density at radius 1 is 1.37 bits per heavy atom. The van der Waals surface area contributed by atoms with E-state index in [0.29, 0.717) is 24.2 Å². The SMILES string of the molecule is NC1CCCN(S(=O)(=O)c2nc3ccccc3o2)C1. The average Bonchev–Trinajstić information content (AvgIpc) is 2.83. The normalized spacial score (nSPS) is 21.8. The summed E-state index contributed by atoms with van der Waals surface area (Å²) in [6.07, 6.45) is 1.61. The summed E-state index contributed by atoms with van der Waals surface area (Å²) in [7, 11) is -3.68. The van der Waals surface area contributed by atoms with Crippen LogP contribution in [0.2, 0.25) is 0 Å². The molecule has 2 heterocycles. The third-order valence-corrected chi connectivity index (χ3v) is 4.88. The molecule has 6 nitrogen and oxygen atoms in total. The second-order valence-electron chi connectivity index (χ2n) is 4.71. The lowest BCUT2D eigenvalue weighted by Crippen LogP contribution is -2.45. The zero-order chi connectivity index (χ0) is 13.5. The number of rotatable bonds is 2. The maximum Gasteiger partial charge on any atom is 0.332 e. The second-order valence-corrected chi connectivity index (χ2v) is 6.53. The van der Waals surface area contributed by atoms with Crippen LogP contribution < -0.4 is 5.73 Å². The van der Waals surface area contributed by atoms with E-state index in [9.17, 15) is 8.42 Å². The van der Waals surface area contributed by atoms with Crippen LogP contribution in [0.5, 0.6) is 0 Å². The first-order chi connectivity index (χ1) is 9.07. The number of aromatic nitrogens is 1. The molecule has 1 fully saturated rings. The van der Waals surface area contributed by atoms with Crippen LogP contribution in [0.3, 0.4) is 0 Å². The summed E-state index contributed by atoms with van der Waals surface area (Å²) in [5, 5.41) is -0.247. The maximum absolute atomic E-state index is 12.4. The molecule has 19 heavy (non-hydrogen) atoms. The van der Waals surface area contributed by atoms with Crippen LogP contribution in [0, 0.1) is 0 Å². The number of oxazole rings is 1. The molecule has 1 saturated heterocycles. The number of nitrogens with zero attached hydrogens (tertiary/aromatic N) is 2. The molecule has 0 radical (unpaired) electrons. The van der Waals surface area contributed by atoms with Crippen LogP contribution >= 0.6 is 0 Å². The van der Waals surface area contributed by atoms with Gasteiger partial charge >= 0.3 is 5.22 Å². The van der Waals surface area contributed by atoms with Gasteiger partial charge < -0.3 is 10.2 Å². The molecule has 2 aromatic rings. The number of fused-ring (bicyclic) bond motifs is 1. The summed E-state index contributed by atoms with van der Waals surface area (Å²) in [5.74, 6) is 0. The summed E-state index contributed by atoms with van der Waals surface area (Å²) in [6.45, 7) is 0.788. The summed E-state index contributed by atoms with van der Waals surface area (Å²) in [4.78, 5) is 4.05. The molecule has 0 bridgehead atoms. The summed E-state index contributed by atoms with van der Waals surface area (Å²) in [6, 6.07) is 6.87. The molecule has 3 rings (SSSR count). The van der Waals surface area contributed by atoms with Gasteiger partial charge in [0.2, 0.25) is 0 Å². The van der Waals surface area contributed by atoms with E-state index in [2.05, 4.69) is 4.98 Å². The largest absolute Gasteiger partial charge is 0.427 e. The number of sulfonamides is 1. The van der Waals surface area contributed by atoms with Crippen LogP contribution in [0.4, 0.5) is 0 Å². The van der Waals surface area contributed by atoms with E-state index in [4.69, 9.17) is 10.2 Å². The Hall–Kier alpha value is -1.44. The van der Waals surface area contributed by atoms with Gasteiger partial charge in [-0.05, 0) is 25.0 Å². The molecule has 0 saturated carbocycles. The van der Waals surface area contributed by atoms with Crippen LogP contribution in [0.1, 0.15) is 12.8 Å². The average molecular weight is 281 g/mol. The molecule has 0 spiro atoms. The Morgan fingerprint density at radius 3 is 2.89 bits per heavy atom. The molecule has 1 aromatic heterocycles. The Morgan fingerprint density at radius 2 is 2.16 bits per heavy atom. The van der Waals surface area contributed by atoms with Gasteiger partial charge in [-0.15, -0.1) is 0 Å². The highest BCUT2D eigenvalue weighted by atomic mass is 32.2. The fourth-order valence-electron chi connectivity index (χ4n) is 2.26. The van der Waals surface area contributed by atoms with Gasteiger partial charge in [0.15, 0.2) is 5.58 Å². The van der Waals surface area contributed by atoms with Crippen molar-refractivity contribution in [3.05, 3.63) is 24.3 Å². The van der Waals surface area contributed by atoms with E-state index < -0.39 is 10.0 Å². The standard InChI is InChI=1S/C12H15N3O3S/c13-9-4-3-7-15(8-9)19(16,17)12-14-10-5-1-2-6-11(10)18-12/h1-2,5-6,9H,3-4,7-8,13H2. The molecule has 0 amide bonds. The maximum atomic E-state index is 12.4. The molecule has 102 valence electrons. The van der Waals surface area contributed by atoms with Gasteiger partial charge in [0.25, 0.3) is 10.0 Å². The van der Waals surface area contributed by atoms with Gasteiger partial charge in [0.1, 0.15) is 5.52 Å². The van der Waals surface area contributed by atoms with Crippen LogP contribution in [-0.2, 0) is 10.0 Å². The number of para-hydroxylation sites is 2. The minimum absolute atomic E-state index is 0.118. The van der Waals surface area contributed by atoms with Gasteiger partial charge in [-0.3, -0.25) is 0 Å². The Labute approximate surface area is 111 Å². The van der Waals surface area contributed by atoms with Gasteiger partial charge in [0, 0.05) is 19.1 Å². The second kappa shape index (κ2) is 4.59. The third-order valence-electron chi connectivity index (χ3n) is 3.26. The number of hydrogen-bond donors (Lipinski definition) is 1. The quantitative estimate of drug-likeness (QED) is 0.884. The zero-order valence-electron chi connectivity index (χ0n) is 10.3. The van der Waals surface area contributed by atoms with E-state index in [1.54, 1.807) is 24.3 Å². The first-order valence-electron chi connectivity index (χ1n) is 6.19. The molecule has 1 aliphatic heterocycles. The van der Waals surface area contributed by atoms with Crippen molar-refractivity contribution in [1.82, 2.24) is 9.29 Å². The van der Waals surface area contributed by atoms with Gasteiger partial charge in [-0.2, -0.15) is 9.29 Å². The van der Waals surface area contributed by atoms with Crippen molar-refractivity contribution in [1.29, 1.82) is 0 Å². The lowest BCUT2D eigenvalue weighted by molar-refractivity contribution is 0.305. The lowest BCUT2D eigenvalue weighted by atomic mass is 10.1. The molecule has 2 N–H and O–H groups in total. The zero-order valence-corrected chi connectivity index (χ0v) is 11.1. The van der Waals surface area contributed by atoms with E-state index >= 15 is 0 Å². The molecule has 1 unspecified atom stereocenters. The fraction of sp³-hybridized carbons (Fsp3) is 0.417. The van der Waals surface area contributed by atoms with Crippen molar-refractivity contribution < 1.29 is 12.8 Å². The Kier molecular flexibility index (Phi) is 3.04. The van der Waals surface area contributed by atoms with Crippen molar-refractivity contribution >= 4 is 21.1 Å². The highest BCUT2D eigenvalue weighted by Gasteiger charge is 2.32. The molecule has 7 heteroatoms. The Bertz CT molecular complexity index is 662. The van der Waals surface area contributed by atoms with Crippen molar-refractivity contribution in [2.75, 3.05) is 13.1 Å². The van der Waals surface area contributed by atoms with Crippen LogP contribution in [-0.4, -0.2) is 36.8 Å². The molecule has 1 aromatic carbocycles. The number of piperidine rings is 1. The molecular formula is C12H15N3O3S. The highest BCUT2D eigenvalue weighted by Crippen LogP contribution is 2.23. The number of hydrogen-bond acceptors (Lipinski definition) is 5. The first-order valence-corrected chi connectivity index (χ1v) is 7.63. The number of nitrogens with two attached hydrogens (primary N) is 1. The lowest BCUT2D eigenvalue weighted by Gasteiger charge is -2.28. The molecule has 1 atom stereocenters. The summed E-state index contributed by atoms with van der Waals surface area (Å²) < 4.78 is 31.5. The van der Waals surface area contributed by atoms with Crippen LogP contribution in [0.25, 0.3) is 11.1 Å². The number of benzene rings is 1. The first kappa shape index (κ1) is 12.6. The topological polar surface area (TPSA) is 89.4 Å². The van der Waals surface area contributed by atoms with Gasteiger partial charge in [-0.25, -0.2) is 8.42 Å². The minimum atomic E-state index is -3.68. The summed E-state index contributed by atoms with van der Waals surface area (Å²) in [5.41, 5.74) is 6.84. The fourth-order valence-corrected chi connectivity index (χ4v) is 3.65. The van der Waals surface area contributed by atoms with E-state index in [1.807, 2.05) is 0 Å². The van der Waals surface area contributed by atoms with Gasteiger partial charge in [0.05, 0.1) is 0 Å². The van der Waals surface area contributed by atoms with Crippen molar-refractivity contribution in [2.24, 2.45) is 5.73 Å². The molecule has 1 aliphatic rings. The third kappa shape index (κ3) is 2.24. The smallest absolute Gasteiger partial charge is 0.332 e. The predicted molar refractivity (Wildman–Crippen MR) is 70.0 cm³/mol. The highest BCUT2D eigenvalue weighted by molar-refractivity contribution is 7.88. The predicted octanol–water partition coefficient (Wildman–Crippen LogP) is 0.940. The van der Waals surface area contributed by atoms with Crippen molar-refractivity contribution in [3.8, 4) is 0 Å². The van der Waals surface area contributed by atoms with Crippen LogP contribution in [0.15, 0.2) is 33.9 Å². The van der Waals surface area contributed by atoms with Crippen molar-refractivity contribution in [2.45, 2.75) is 24.1 Å². The van der Waals surface area contributed by atoms with E-state index in [0.717, 1.165) is 12.8 Å². The Balaban J connectivity index is 1.99. The monoisotopic (exact) mass is 281 g/mol. The molecular weight excluding hydrogens is 266 g/mol. The molecule has 0 aliphatic carbocycles. The van der Waals surface area contributed by atoms with E-state index in [1.165, 1.54) is 4.31 Å². The van der Waals surface area contributed by atoms with Gasteiger partial charge in [-0.1, -0.05) is 12.1 Å². The minimum Gasteiger partial charge on any atom is -0.427 e.